The number of piperazine rings is 1. The van der Waals surface area contributed by atoms with Gasteiger partial charge < -0.3 is 14.5 Å². The molecule has 0 unspecified atom stereocenters. The Hall–Kier alpha value is -3.52. The molecule has 1 aromatic heterocycles. The Kier molecular flexibility index (Phi) is 6.38. The molecule has 1 fully saturated rings. The lowest BCUT2D eigenvalue weighted by Crippen LogP contribution is -2.50. The van der Waals surface area contributed by atoms with Crippen molar-refractivity contribution in [3.63, 3.8) is 0 Å². The molecular formula is C28H33N5O3. The molecule has 5 rings (SSSR count). The van der Waals surface area contributed by atoms with Crippen LogP contribution < -0.4 is 0 Å². The van der Waals surface area contributed by atoms with Crippen LogP contribution in [0.3, 0.4) is 0 Å². The van der Waals surface area contributed by atoms with Gasteiger partial charge in [-0.2, -0.15) is 0 Å². The molecule has 3 aromatic rings. The van der Waals surface area contributed by atoms with E-state index in [1.54, 1.807) is 9.58 Å². The highest BCUT2D eigenvalue weighted by Crippen LogP contribution is 2.28. The highest BCUT2D eigenvalue weighted by molar-refractivity contribution is 5.95. The summed E-state index contributed by atoms with van der Waals surface area (Å²) in [7, 11) is 0. The molecule has 0 bridgehead atoms. The quantitative estimate of drug-likeness (QED) is 0.562. The first-order chi connectivity index (χ1) is 17.2. The fourth-order valence-corrected chi connectivity index (χ4v) is 4.72. The minimum atomic E-state index is -0.157. The topological polar surface area (TPSA) is 80.6 Å². The summed E-state index contributed by atoms with van der Waals surface area (Å²) in [5.41, 5.74) is 5.25. The maximum absolute atomic E-state index is 13.3. The molecule has 0 aliphatic carbocycles. The smallest absolute Gasteiger partial charge is 0.276 e. The average molecular weight is 488 g/mol. The number of aromatic nitrogens is 3. The summed E-state index contributed by atoms with van der Waals surface area (Å²) in [6.07, 6.45) is -0.116. The summed E-state index contributed by atoms with van der Waals surface area (Å²) in [4.78, 5) is 29.8. The number of aryl methyl sites for hydroxylation is 1. The number of hydrogen-bond acceptors (Lipinski definition) is 5. The Morgan fingerprint density at radius 3 is 2.11 bits per heavy atom. The highest BCUT2D eigenvalue weighted by Gasteiger charge is 2.32. The van der Waals surface area contributed by atoms with E-state index in [2.05, 4.69) is 62.3 Å². The van der Waals surface area contributed by atoms with Crippen LogP contribution >= 0.6 is 0 Å². The number of fused-ring (bicyclic) bond motifs is 1. The van der Waals surface area contributed by atoms with Crippen molar-refractivity contribution in [3.05, 3.63) is 82.2 Å². The summed E-state index contributed by atoms with van der Waals surface area (Å²) >= 11 is 0. The second-order valence-electron chi connectivity index (χ2n) is 10.7. The van der Waals surface area contributed by atoms with Crippen LogP contribution in [0.15, 0.2) is 48.5 Å². The SMILES string of the molecule is Cc1ccc([C@@H]2Cn3nnc(C(=O)N4CCN(C(=O)c5ccc(C(C)(C)C)cc5)CC4)c3CO2)cc1. The van der Waals surface area contributed by atoms with Crippen LogP contribution in [0, 0.1) is 6.92 Å². The Balaban J connectivity index is 1.20. The molecular weight excluding hydrogens is 454 g/mol. The van der Waals surface area contributed by atoms with Crippen LogP contribution in [0.4, 0.5) is 0 Å². The Bertz CT molecular complexity index is 1250. The normalized spacial score (nSPS) is 18.2. The van der Waals surface area contributed by atoms with Crippen LogP contribution in [0.2, 0.25) is 0 Å². The number of carbonyl (C=O) groups is 2. The van der Waals surface area contributed by atoms with Crippen molar-refractivity contribution < 1.29 is 14.3 Å². The van der Waals surface area contributed by atoms with E-state index in [-0.39, 0.29) is 29.9 Å². The van der Waals surface area contributed by atoms with Crippen molar-refractivity contribution in [1.82, 2.24) is 24.8 Å². The number of carbonyl (C=O) groups excluding carboxylic acids is 2. The van der Waals surface area contributed by atoms with Crippen LogP contribution in [-0.4, -0.2) is 62.8 Å². The Morgan fingerprint density at radius 1 is 0.889 bits per heavy atom. The first-order valence-corrected chi connectivity index (χ1v) is 12.5. The van der Waals surface area contributed by atoms with E-state index in [1.807, 2.05) is 29.2 Å². The molecule has 8 nitrogen and oxygen atoms in total. The molecule has 1 saturated heterocycles. The van der Waals surface area contributed by atoms with Gasteiger partial charge in [-0.15, -0.1) is 5.10 Å². The van der Waals surface area contributed by atoms with Gasteiger partial charge in [-0.25, -0.2) is 4.68 Å². The zero-order valence-corrected chi connectivity index (χ0v) is 21.4. The van der Waals surface area contributed by atoms with Crippen molar-refractivity contribution in [2.75, 3.05) is 26.2 Å². The monoisotopic (exact) mass is 487 g/mol. The molecule has 2 aromatic carbocycles. The van der Waals surface area contributed by atoms with E-state index in [9.17, 15) is 9.59 Å². The molecule has 0 spiro atoms. The van der Waals surface area contributed by atoms with Gasteiger partial charge in [0.05, 0.1) is 18.8 Å². The van der Waals surface area contributed by atoms with E-state index in [1.165, 1.54) is 11.1 Å². The summed E-state index contributed by atoms with van der Waals surface area (Å²) < 4.78 is 7.85. The third kappa shape index (κ3) is 4.78. The zero-order chi connectivity index (χ0) is 25.4. The largest absolute Gasteiger partial charge is 0.365 e. The number of hydrogen-bond donors (Lipinski definition) is 0. The molecule has 0 saturated carbocycles. The molecule has 8 heteroatoms. The molecule has 36 heavy (non-hydrogen) atoms. The van der Waals surface area contributed by atoms with Gasteiger partial charge in [0.25, 0.3) is 11.8 Å². The van der Waals surface area contributed by atoms with Gasteiger partial charge in [0.1, 0.15) is 6.10 Å². The van der Waals surface area contributed by atoms with E-state index in [0.29, 0.717) is 49.7 Å². The fourth-order valence-electron chi connectivity index (χ4n) is 4.72. The standard InChI is InChI=1S/C28H33N5O3/c1-19-5-7-20(8-6-19)24-17-33-23(18-36-24)25(29-30-33)27(35)32-15-13-31(14-16-32)26(34)21-9-11-22(12-10-21)28(2,3)4/h5-12,24H,13-18H2,1-4H3/t24-/m0/s1. The molecule has 1 atom stereocenters. The third-order valence-corrected chi connectivity index (χ3v) is 7.10. The lowest BCUT2D eigenvalue weighted by atomic mass is 9.86. The molecule has 3 heterocycles. The van der Waals surface area contributed by atoms with E-state index in [0.717, 1.165) is 5.56 Å². The predicted molar refractivity (Wildman–Crippen MR) is 136 cm³/mol. The highest BCUT2D eigenvalue weighted by atomic mass is 16.5. The first kappa shape index (κ1) is 24.2. The van der Waals surface area contributed by atoms with Gasteiger partial charge in [-0.1, -0.05) is 67.9 Å². The number of rotatable bonds is 3. The second-order valence-corrected chi connectivity index (χ2v) is 10.7. The summed E-state index contributed by atoms with van der Waals surface area (Å²) in [6.45, 7) is 11.2. The Labute approximate surface area is 211 Å². The van der Waals surface area contributed by atoms with E-state index in [4.69, 9.17) is 4.74 Å². The van der Waals surface area contributed by atoms with Crippen LogP contribution in [0.25, 0.3) is 0 Å². The van der Waals surface area contributed by atoms with Crippen LogP contribution in [0.5, 0.6) is 0 Å². The molecule has 0 N–H and O–H groups in total. The Morgan fingerprint density at radius 2 is 1.50 bits per heavy atom. The van der Waals surface area contributed by atoms with Crippen LogP contribution in [-0.2, 0) is 23.3 Å². The van der Waals surface area contributed by atoms with Crippen molar-refractivity contribution >= 4 is 11.8 Å². The van der Waals surface area contributed by atoms with Crippen LogP contribution in [0.1, 0.15) is 70.1 Å². The number of amides is 2. The lowest BCUT2D eigenvalue weighted by molar-refractivity contribution is -0.00203. The van der Waals surface area contributed by atoms with Gasteiger partial charge in [0, 0.05) is 31.7 Å². The average Bonchev–Trinajstić information content (AvgIpc) is 3.31. The van der Waals surface area contributed by atoms with Crippen molar-refractivity contribution in [2.24, 2.45) is 0 Å². The van der Waals surface area contributed by atoms with Gasteiger partial charge in [0.2, 0.25) is 0 Å². The molecule has 0 radical (unpaired) electrons. The summed E-state index contributed by atoms with van der Waals surface area (Å²) in [6, 6.07) is 16.1. The van der Waals surface area contributed by atoms with Crippen molar-refractivity contribution in [2.45, 2.75) is 52.4 Å². The fraction of sp³-hybridized carbons (Fsp3) is 0.429. The van der Waals surface area contributed by atoms with Crippen molar-refractivity contribution in [3.8, 4) is 0 Å². The number of nitrogens with zero attached hydrogens (tertiary/aromatic N) is 5. The molecule has 2 amide bonds. The van der Waals surface area contributed by atoms with E-state index >= 15 is 0 Å². The van der Waals surface area contributed by atoms with Gasteiger partial charge >= 0.3 is 0 Å². The second kappa shape index (κ2) is 9.50. The van der Waals surface area contributed by atoms with Gasteiger partial charge in [0.15, 0.2) is 5.69 Å². The van der Waals surface area contributed by atoms with Gasteiger partial charge in [-0.05, 0) is 35.6 Å². The number of ether oxygens (including phenoxy) is 1. The minimum absolute atomic E-state index is 0.000793. The van der Waals surface area contributed by atoms with E-state index < -0.39 is 0 Å². The first-order valence-electron chi connectivity index (χ1n) is 12.5. The zero-order valence-electron chi connectivity index (χ0n) is 21.4. The summed E-state index contributed by atoms with van der Waals surface area (Å²) in [5, 5.41) is 8.45. The third-order valence-electron chi connectivity index (χ3n) is 7.10. The minimum Gasteiger partial charge on any atom is -0.365 e. The predicted octanol–water partition coefficient (Wildman–Crippen LogP) is 3.75. The maximum atomic E-state index is 13.3. The van der Waals surface area contributed by atoms with Gasteiger partial charge in [-0.3, -0.25) is 9.59 Å². The maximum Gasteiger partial charge on any atom is 0.276 e. The molecule has 2 aliphatic rings. The summed E-state index contributed by atoms with van der Waals surface area (Å²) in [5.74, 6) is -0.158. The molecule has 188 valence electrons. The number of benzene rings is 2. The lowest BCUT2D eigenvalue weighted by Gasteiger charge is -2.34. The van der Waals surface area contributed by atoms with Crippen molar-refractivity contribution in [1.29, 1.82) is 0 Å². The molecule has 2 aliphatic heterocycles.